The number of rotatable bonds is 9. The molecular weight excluding hydrogens is 370 g/mol. The number of nitrogens with one attached hydrogen (secondary N) is 2. The average Bonchev–Trinajstić information content (AvgIpc) is 3.13. The van der Waals surface area contributed by atoms with Crippen molar-refractivity contribution in [1.29, 1.82) is 0 Å². The monoisotopic (exact) mass is 395 g/mol. The van der Waals surface area contributed by atoms with Crippen molar-refractivity contribution in [2.75, 3.05) is 11.9 Å². The Hall–Kier alpha value is -2.70. The lowest BCUT2D eigenvalue weighted by molar-refractivity contribution is -0.115. The molecule has 0 aliphatic carbocycles. The highest BCUT2D eigenvalue weighted by Gasteiger charge is 2.09. The van der Waals surface area contributed by atoms with Gasteiger partial charge in [-0.05, 0) is 43.3 Å². The van der Waals surface area contributed by atoms with Gasteiger partial charge in [-0.15, -0.1) is 11.3 Å². The van der Waals surface area contributed by atoms with E-state index in [2.05, 4.69) is 22.5 Å². The van der Waals surface area contributed by atoms with Gasteiger partial charge in [0.25, 0.3) is 0 Å². The number of ether oxygens (including phenoxy) is 1. The standard InChI is InChI=1S/C22H25N3O2S/c1-3-23-13-17-5-4-6-18(11-17)24-21(26)12-19-15-28-22(25-19)14-27-20-9-7-16(2)8-10-20/h4-11,15,23H,3,12-14H2,1-2H3,(H,24,26). The zero-order valence-corrected chi connectivity index (χ0v) is 17.0. The van der Waals surface area contributed by atoms with E-state index in [1.54, 1.807) is 0 Å². The molecule has 146 valence electrons. The van der Waals surface area contributed by atoms with Gasteiger partial charge in [-0.1, -0.05) is 36.8 Å². The van der Waals surface area contributed by atoms with Crippen molar-refractivity contribution in [1.82, 2.24) is 10.3 Å². The minimum absolute atomic E-state index is 0.0723. The maximum atomic E-state index is 12.3. The molecule has 5 nitrogen and oxygen atoms in total. The molecule has 0 aliphatic rings. The number of hydrogen-bond acceptors (Lipinski definition) is 5. The molecule has 3 rings (SSSR count). The van der Waals surface area contributed by atoms with Gasteiger partial charge in [0.05, 0.1) is 12.1 Å². The Labute approximate surface area is 169 Å². The van der Waals surface area contributed by atoms with Crippen molar-refractivity contribution < 1.29 is 9.53 Å². The molecule has 2 aromatic carbocycles. The van der Waals surface area contributed by atoms with Crippen molar-refractivity contribution in [3.63, 3.8) is 0 Å². The maximum absolute atomic E-state index is 12.3. The summed E-state index contributed by atoms with van der Waals surface area (Å²) in [6.45, 7) is 6.22. The third-order valence-corrected chi connectivity index (χ3v) is 4.99. The molecule has 3 aromatic rings. The smallest absolute Gasteiger partial charge is 0.230 e. The zero-order chi connectivity index (χ0) is 19.8. The Morgan fingerprint density at radius 3 is 2.79 bits per heavy atom. The Bertz CT molecular complexity index is 906. The van der Waals surface area contributed by atoms with E-state index >= 15 is 0 Å². The summed E-state index contributed by atoms with van der Waals surface area (Å²) >= 11 is 1.51. The Kier molecular flexibility index (Phi) is 7.17. The fourth-order valence-electron chi connectivity index (χ4n) is 2.67. The first kappa shape index (κ1) is 20.0. The van der Waals surface area contributed by atoms with Crippen molar-refractivity contribution in [3.8, 4) is 5.75 Å². The second kappa shape index (κ2) is 10.0. The summed E-state index contributed by atoms with van der Waals surface area (Å²) in [7, 11) is 0. The molecule has 0 aliphatic heterocycles. The molecule has 0 saturated heterocycles. The van der Waals surface area contributed by atoms with Gasteiger partial charge in [-0.25, -0.2) is 4.98 Å². The second-order valence-corrected chi connectivity index (χ2v) is 7.48. The number of amides is 1. The fourth-order valence-corrected chi connectivity index (χ4v) is 3.38. The van der Waals surface area contributed by atoms with Gasteiger partial charge < -0.3 is 15.4 Å². The van der Waals surface area contributed by atoms with E-state index < -0.39 is 0 Å². The number of benzene rings is 2. The van der Waals surface area contributed by atoms with Crippen LogP contribution in [-0.4, -0.2) is 17.4 Å². The first-order chi connectivity index (χ1) is 13.6. The van der Waals surface area contributed by atoms with Crippen LogP contribution in [0.5, 0.6) is 5.75 Å². The first-order valence-electron chi connectivity index (χ1n) is 9.34. The zero-order valence-electron chi connectivity index (χ0n) is 16.2. The van der Waals surface area contributed by atoms with E-state index in [-0.39, 0.29) is 12.3 Å². The number of anilines is 1. The van der Waals surface area contributed by atoms with Gasteiger partial charge in [-0.2, -0.15) is 0 Å². The summed E-state index contributed by atoms with van der Waals surface area (Å²) in [5.41, 5.74) is 3.90. The van der Waals surface area contributed by atoms with Gasteiger partial charge in [0, 0.05) is 17.6 Å². The molecule has 0 saturated carbocycles. The molecule has 0 bridgehead atoms. The lowest BCUT2D eigenvalue weighted by atomic mass is 10.2. The van der Waals surface area contributed by atoms with E-state index in [0.717, 1.165) is 40.8 Å². The average molecular weight is 396 g/mol. The van der Waals surface area contributed by atoms with E-state index in [1.165, 1.54) is 16.9 Å². The van der Waals surface area contributed by atoms with Crippen LogP contribution in [0.2, 0.25) is 0 Å². The van der Waals surface area contributed by atoms with Gasteiger partial charge in [-0.3, -0.25) is 4.79 Å². The molecule has 0 unspecified atom stereocenters. The predicted molar refractivity (Wildman–Crippen MR) is 114 cm³/mol. The Balaban J connectivity index is 1.50. The quantitative estimate of drug-likeness (QED) is 0.566. The normalized spacial score (nSPS) is 10.6. The fraction of sp³-hybridized carbons (Fsp3) is 0.273. The molecule has 1 heterocycles. The van der Waals surface area contributed by atoms with Crippen LogP contribution in [-0.2, 0) is 24.4 Å². The summed E-state index contributed by atoms with van der Waals surface area (Å²) in [6.07, 6.45) is 0.248. The molecule has 0 radical (unpaired) electrons. The number of aromatic nitrogens is 1. The van der Waals surface area contributed by atoms with Gasteiger partial charge in [0.1, 0.15) is 17.4 Å². The largest absolute Gasteiger partial charge is 0.486 e. The molecular formula is C22H25N3O2S. The van der Waals surface area contributed by atoms with Crippen LogP contribution in [0.3, 0.4) is 0 Å². The van der Waals surface area contributed by atoms with Crippen LogP contribution >= 0.6 is 11.3 Å². The molecule has 1 aromatic heterocycles. The van der Waals surface area contributed by atoms with Crippen LogP contribution in [0.1, 0.15) is 28.8 Å². The molecule has 0 spiro atoms. The number of thiazole rings is 1. The van der Waals surface area contributed by atoms with Gasteiger partial charge >= 0.3 is 0 Å². The first-order valence-corrected chi connectivity index (χ1v) is 10.2. The minimum Gasteiger partial charge on any atom is -0.486 e. The number of hydrogen-bond donors (Lipinski definition) is 2. The highest BCUT2D eigenvalue weighted by Crippen LogP contribution is 2.17. The van der Waals surface area contributed by atoms with E-state index in [4.69, 9.17) is 4.74 Å². The number of aryl methyl sites for hydroxylation is 1. The minimum atomic E-state index is -0.0723. The van der Waals surface area contributed by atoms with Crippen molar-refractivity contribution in [2.45, 2.75) is 33.4 Å². The van der Waals surface area contributed by atoms with E-state index in [9.17, 15) is 4.79 Å². The van der Waals surface area contributed by atoms with Crippen molar-refractivity contribution in [2.24, 2.45) is 0 Å². The number of carbonyl (C=O) groups is 1. The summed E-state index contributed by atoms with van der Waals surface area (Å²) < 4.78 is 5.75. The van der Waals surface area contributed by atoms with Crippen LogP contribution in [0, 0.1) is 6.92 Å². The molecule has 0 fully saturated rings. The SMILES string of the molecule is CCNCc1cccc(NC(=O)Cc2csc(COc3ccc(C)cc3)n2)c1. The molecule has 28 heavy (non-hydrogen) atoms. The summed E-state index contributed by atoms with van der Waals surface area (Å²) in [5, 5.41) is 9.00. The van der Waals surface area contributed by atoms with Gasteiger partial charge in [0.15, 0.2) is 0 Å². The van der Waals surface area contributed by atoms with Crippen LogP contribution in [0.25, 0.3) is 0 Å². The third kappa shape index (κ3) is 6.18. The molecule has 6 heteroatoms. The second-order valence-electron chi connectivity index (χ2n) is 6.54. The van der Waals surface area contributed by atoms with Crippen LogP contribution in [0.15, 0.2) is 53.9 Å². The van der Waals surface area contributed by atoms with Crippen LogP contribution in [0.4, 0.5) is 5.69 Å². The topological polar surface area (TPSA) is 63.2 Å². The van der Waals surface area contributed by atoms with Crippen molar-refractivity contribution >= 4 is 22.9 Å². The summed E-state index contributed by atoms with van der Waals surface area (Å²) in [4.78, 5) is 16.8. The Morgan fingerprint density at radius 1 is 1.18 bits per heavy atom. The lowest BCUT2D eigenvalue weighted by Gasteiger charge is -2.07. The maximum Gasteiger partial charge on any atom is 0.230 e. The number of carbonyl (C=O) groups excluding carboxylic acids is 1. The van der Waals surface area contributed by atoms with Crippen molar-refractivity contribution in [3.05, 3.63) is 75.7 Å². The molecule has 1 amide bonds. The Morgan fingerprint density at radius 2 is 2.00 bits per heavy atom. The summed E-state index contributed by atoms with van der Waals surface area (Å²) in [6, 6.07) is 15.8. The highest BCUT2D eigenvalue weighted by molar-refractivity contribution is 7.09. The predicted octanol–water partition coefficient (Wildman–Crippen LogP) is 4.32. The van der Waals surface area contributed by atoms with Gasteiger partial charge in [0.2, 0.25) is 5.91 Å². The van der Waals surface area contributed by atoms with Crippen LogP contribution < -0.4 is 15.4 Å². The molecule has 2 N–H and O–H groups in total. The highest BCUT2D eigenvalue weighted by atomic mass is 32.1. The van der Waals surface area contributed by atoms with E-state index in [1.807, 2.05) is 60.8 Å². The summed E-state index contributed by atoms with van der Waals surface area (Å²) in [5.74, 6) is 0.745. The number of nitrogens with zero attached hydrogens (tertiary/aromatic N) is 1. The molecule has 0 atom stereocenters. The van der Waals surface area contributed by atoms with E-state index in [0.29, 0.717) is 6.61 Å². The third-order valence-electron chi connectivity index (χ3n) is 4.11. The lowest BCUT2D eigenvalue weighted by Crippen LogP contribution is -2.15.